The van der Waals surface area contributed by atoms with Crippen LogP contribution in [-0.4, -0.2) is 11.4 Å². The third-order valence-electron chi connectivity index (χ3n) is 3.93. The summed E-state index contributed by atoms with van der Waals surface area (Å²) in [6, 6.07) is 0. The highest BCUT2D eigenvalue weighted by Gasteiger charge is 2.27. The van der Waals surface area contributed by atoms with Gasteiger partial charge in [0.2, 0.25) is 5.91 Å². The van der Waals surface area contributed by atoms with Gasteiger partial charge in [-0.05, 0) is 52.4 Å². The molecule has 1 rings (SSSR count). The normalized spacial score (nSPS) is 17.3. The molecular formula is C16H29NO. The first-order valence-electron chi connectivity index (χ1n) is 7.30. The van der Waals surface area contributed by atoms with Crippen LogP contribution in [0.4, 0.5) is 0 Å². The fraction of sp³-hybridized carbons (Fsp3) is 0.812. The first kappa shape index (κ1) is 15.3. The van der Waals surface area contributed by atoms with Crippen LogP contribution in [-0.2, 0) is 4.79 Å². The van der Waals surface area contributed by atoms with E-state index in [1.54, 1.807) is 0 Å². The Bertz CT molecular complexity index is 302. The highest BCUT2D eigenvalue weighted by atomic mass is 16.2. The van der Waals surface area contributed by atoms with Crippen LogP contribution in [0.5, 0.6) is 0 Å². The molecule has 0 aromatic rings. The van der Waals surface area contributed by atoms with Crippen LogP contribution in [0.25, 0.3) is 0 Å². The lowest BCUT2D eigenvalue weighted by atomic mass is 9.92. The van der Waals surface area contributed by atoms with E-state index < -0.39 is 0 Å². The number of hydrogen-bond donors (Lipinski definition) is 1. The summed E-state index contributed by atoms with van der Waals surface area (Å²) in [6.07, 6.45) is 6.74. The summed E-state index contributed by atoms with van der Waals surface area (Å²) in [5.74, 6) is 1.23. The van der Waals surface area contributed by atoms with Gasteiger partial charge in [0.15, 0.2) is 0 Å². The summed E-state index contributed by atoms with van der Waals surface area (Å²) < 4.78 is 0. The Labute approximate surface area is 112 Å². The van der Waals surface area contributed by atoms with Crippen LogP contribution < -0.4 is 5.32 Å². The minimum absolute atomic E-state index is 0.0933. The molecule has 1 aliphatic carbocycles. The number of allylic oxidation sites excluding steroid dienone is 1. The molecule has 0 heterocycles. The molecule has 0 radical (unpaired) electrons. The Morgan fingerprint density at radius 2 is 2.06 bits per heavy atom. The molecule has 2 nitrogen and oxygen atoms in total. The van der Waals surface area contributed by atoms with Gasteiger partial charge in [-0.3, -0.25) is 4.79 Å². The van der Waals surface area contributed by atoms with Crippen molar-refractivity contribution in [3.63, 3.8) is 0 Å². The molecule has 104 valence electrons. The second-order valence-electron chi connectivity index (χ2n) is 6.61. The van der Waals surface area contributed by atoms with E-state index in [9.17, 15) is 4.79 Å². The zero-order valence-electron chi connectivity index (χ0n) is 12.5. The SMILES string of the molecule is C=C(C)CC(CCC1CC1)C(=O)NC(C)(C)CC. The highest BCUT2D eigenvalue weighted by Crippen LogP contribution is 2.35. The lowest BCUT2D eigenvalue weighted by molar-refractivity contribution is -0.126. The van der Waals surface area contributed by atoms with Gasteiger partial charge in [-0.1, -0.05) is 25.3 Å². The van der Waals surface area contributed by atoms with Crippen molar-refractivity contribution in [3.05, 3.63) is 12.2 Å². The lowest BCUT2D eigenvalue weighted by Gasteiger charge is -2.28. The van der Waals surface area contributed by atoms with Gasteiger partial charge in [-0.25, -0.2) is 0 Å². The molecule has 0 aromatic heterocycles. The number of carbonyl (C=O) groups excluding carboxylic acids is 1. The molecule has 0 saturated heterocycles. The Morgan fingerprint density at radius 1 is 1.44 bits per heavy atom. The molecule has 0 spiro atoms. The average Bonchev–Trinajstić information content (AvgIpc) is 3.06. The topological polar surface area (TPSA) is 29.1 Å². The summed E-state index contributed by atoms with van der Waals surface area (Å²) in [5.41, 5.74) is 1.02. The maximum Gasteiger partial charge on any atom is 0.223 e. The fourth-order valence-electron chi connectivity index (χ4n) is 2.11. The lowest BCUT2D eigenvalue weighted by Crippen LogP contribution is -2.45. The van der Waals surface area contributed by atoms with Crippen molar-refractivity contribution in [1.82, 2.24) is 5.32 Å². The molecule has 1 unspecified atom stereocenters. The molecule has 1 atom stereocenters. The van der Waals surface area contributed by atoms with Gasteiger partial charge in [-0.2, -0.15) is 0 Å². The van der Waals surface area contributed by atoms with E-state index >= 15 is 0 Å². The van der Waals surface area contributed by atoms with E-state index in [-0.39, 0.29) is 17.4 Å². The van der Waals surface area contributed by atoms with Crippen molar-refractivity contribution in [2.45, 2.75) is 71.8 Å². The third kappa shape index (κ3) is 5.70. The Kier molecular flexibility index (Phi) is 5.43. The first-order chi connectivity index (χ1) is 8.34. The summed E-state index contributed by atoms with van der Waals surface area (Å²) in [6.45, 7) is 12.3. The summed E-state index contributed by atoms with van der Waals surface area (Å²) >= 11 is 0. The van der Waals surface area contributed by atoms with Crippen molar-refractivity contribution in [2.75, 3.05) is 0 Å². The fourth-order valence-corrected chi connectivity index (χ4v) is 2.11. The molecule has 1 amide bonds. The second-order valence-corrected chi connectivity index (χ2v) is 6.61. The standard InChI is InChI=1S/C16H29NO/c1-6-16(4,5)17-15(18)14(11-12(2)3)10-9-13-7-8-13/h13-14H,2,6-11H2,1,3-5H3,(H,17,18). The highest BCUT2D eigenvalue weighted by molar-refractivity contribution is 5.79. The van der Waals surface area contributed by atoms with Crippen LogP contribution in [0.3, 0.4) is 0 Å². The maximum absolute atomic E-state index is 12.3. The van der Waals surface area contributed by atoms with Crippen LogP contribution in [0.1, 0.15) is 66.2 Å². The van der Waals surface area contributed by atoms with Gasteiger partial charge in [0.1, 0.15) is 0 Å². The summed E-state index contributed by atoms with van der Waals surface area (Å²) in [4.78, 5) is 12.3. The molecule has 2 heteroatoms. The van der Waals surface area contributed by atoms with Crippen molar-refractivity contribution in [2.24, 2.45) is 11.8 Å². The Hall–Kier alpha value is -0.790. The van der Waals surface area contributed by atoms with Crippen LogP contribution >= 0.6 is 0 Å². The zero-order valence-corrected chi connectivity index (χ0v) is 12.5. The molecule has 1 fully saturated rings. The molecule has 0 aliphatic heterocycles. The molecular weight excluding hydrogens is 222 g/mol. The van der Waals surface area contributed by atoms with Crippen molar-refractivity contribution in [3.8, 4) is 0 Å². The minimum Gasteiger partial charge on any atom is -0.351 e. The quantitative estimate of drug-likeness (QED) is 0.647. The zero-order chi connectivity index (χ0) is 13.8. The molecule has 1 N–H and O–H groups in total. The van der Waals surface area contributed by atoms with Gasteiger partial charge in [0, 0.05) is 11.5 Å². The van der Waals surface area contributed by atoms with E-state index in [0.29, 0.717) is 0 Å². The number of rotatable bonds is 8. The Morgan fingerprint density at radius 3 is 2.50 bits per heavy atom. The van der Waals surface area contributed by atoms with Crippen LogP contribution in [0, 0.1) is 11.8 Å². The van der Waals surface area contributed by atoms with E-state index in [1.165, 1.54) is 19.3 Å². The number of carbonyl (C=O) groups is 1. The third-order valence-corrected chi connectivity index (χ3v) is 3.93. The van der Waals surface area contributed by atoms with E-state index in [4.69, 9.17) is 0 Å². The number of amides is 1. The predicted molar refractivity (Wildman–Crippen MR) is 77.4 cm³/mol. The molecule has 1 aliphatic rings. The second kappa shape index (κ2) is 6.40. The van der Waals surface area contributed by atoms with Crippen molar-refractivity contribution >= 4 is 5.91 Å². The molecule has 18 heavy (non-hydrogen) atoms. The Balaban J connectivity index is 2.50. The molecule has 0 aromatic carbocycles. The monoisotopic (exact) mass is 251 g/mol. The first-order valence-corrected chi connectivity index (χ1v) is 7.30. The number of hydrogen-bond acceptors (Lipinski definition) is 1. The van der Waals surface area contributed by atoms with E-state index in [1.807, 2.05) is 6.92 Å². The van der Waals surface area contributed by atoms with E-state index in [2.05, 4.69) is 32.7 Å². The van der Waals surface area contributed by atoms with Crippen molar-refractivity contribution in [1.29, 1.82) is 0 Å². The average molecular weight is 251 g/mol. The van der Waals surface area contributed by atoms with E-state index in [0.717, 1.165) is 30.8 Å². The van der Waals surface area contributed by atoms with Crippen LogP contribution in [0.15, 0.2) is 12.2 Å². The van der Waals surface area contributed by atoms with Crippen LogP contribution in [0.2, 0.25) is 0 Å². The van der Waals surface area contributed by atoms with Gasteiger partial charge >= 0.3 is 0 Å². The largest absolute Gasteiger partial charge is 0.351 e. The van der Waals surface area contributed by atoms with Gasteiger partial charge < -0.3 is 5.32 Å². The summed E-state index contributed by atoms with van der Waals surface area (Å²) in [5, 5.41) is 3.18. The maximum atomic E-state index is 12.3. The molecule has 1 saturated carbocycles. The van der Waals surface area contributed by atoms with Gasteiger partial charge in [0.25, 0.3) is 0 Å². The van der Waals surface area contributed by atoms with Crippen molar-refractivity contribution < 1.29 is 4.79 Å². The predicted octanol–water partition coefficient (Wildman–Crippen LogP) is 4.06. The minimum atomic E-state index is -0.0933. The smallest absolute Gasteiger partial charge is 0.223 e. The number of nitrogens with one attached hydrogen (secondary N) is 1. The molecule has 0 bridgehead atoms. The van der Waals surface area contributed by atoms with Gasteiger partial charge in [0.05, 0.1) is 0 Å². The summed E-state index contributed by atoms with van der Waals surface area (Å²) in [7, 11) is 0. The van der Waals surface area contributed by atoms with Gasteiger partial charge in [-0.15, -0.1) is 6.58 Å².